The molecule has 3 heterocycles. The van der Waals surface area contributed by atoms with Gasteiger partial charge in [-0.1, -0.05) is 24.6 Å². The number of aryl methyl sites for hydroxylation is 2. The molecule has 0 saturated carbocycles. The SMILES string of the molecule is CCc1cc2c(B3OC(C)(C)C(C)(C)O3)ccnc2n1S(=O)(=O)c1ccc(C)cc1.[2HH].[2H][2H].[2H][2H].[2H][2H].[2H][2H].[2H][2H]. The standard InChI is InChI=1S/C22H27BN2O4S.6H2/c1-7-16-14-18-19(23-28-21(3,4)22(5,6)29-23)12-13-24-20(18)25(16)30(26,27)17-10-8-15(2)9-11-17;;;;;;/h8-14H,7H2,1-6H3;6*1H/i;5*1+1D;1+1. The van der Waals surface area contributed by atoms with Crippen LogP contribution in [0.25, 0.3) is 11.0 Å². The van der Waals surface area contributed by atoms with E-state index in [-0.39, 0.29) is 6.32 Å². The molecule has 4 rings (SSSR count). The molecule has 0 radical (unpaired) electrons. The third-order valence-corrected chi connectivity index (χ3v) is 7.95. The van der Waals surface area contributed by atoms with Gasteiger partial charge in [0.1, 0.15) is 0 Å². The van der Waals surface area contributed by atoms with Crippen molar-refractivity contribution in [3.8, 4) is 0 Å². The number of hydrogen-bond donors (Lipinski definition) is 0. The van der Waals surface area contributed by atoms with Gasteiger partial charge in [0.25, 0.3) is 10.0 Å². The summed E-state index contributed by atoms with van der Waals surface area (Å²) in [6.07, 6.45) is 2.16. The van der Waals surface area contributed by atoms with E-state index in [9.17, 15) is 8.42 Å². The number of fused-ring (bicyclic) bond motifs is 1. The van der Waals surface area contributed by atoms with E-state index >= 15 is 0 Å². The van der Waals surface area contributed by atoms with Gasteiger partial charge in [-0.15, -0.1) is 0 Å². The summed E-state index contributed by atoms with van der Waals surface area (Å²) in [5.74, 6) is 0. The van der Waals surface area contributed by atoms with E-state index in [1.165, 1.54) is 3.97 Å². The minimum Gasteiger partial charge on any atom is -0.399 e. The van der Waals surface area contributed by atoms with Crippen LogP contribution in [0.1, 0.15) is 62.2 Å². The molecule has 0 atom stereocenters. The zero-order chi connectivity index (χ0) is 31.9. The highest BCUT2D eigenvalue weighted by Gasteiger charge is 2.52. The maximum Gasteiger partial charge on any atom is 0.495 e. The summed E-state index contributed by atoms with van der Waals surface area (Å²) in [5.41, 5.74) is 1.87. The molecule has 0 spiro atoms. The van der Waals surface area contributed by atoms with Crippen molar-refractivity contribution in [2.45, 2.75) is 64.1 Å². The summed E-state index contributed by atoms with van der Waals surface area (Å²) < 4.78 is 90.8. The quantitative estimate of drug-likeness (QED) is 0.529. The Hall–Kier alpha value is -2.16. The summed E-state index contributed by atoms with van der Waals surface area (Å²) >= 11 is 0. The van der Waals surface area contributed by atoms with Crippen molar-refractivity contribution in [1.29, 1.82) is 0 Å². The lowest BCUT2D eigenvalue weighted by atomic mass is 9.78. The molecular weight excluding hydrogens is 399 g/mol. The van der Waals surface area contributed by atoms with E-state index in [4.69, 9.17) is 24.2 Å². The second kappa shape index (κ2) is 6.94. The lowest BCUT2D eigenvalue weighted by molar-refractivity contribution is 0.00578. The Labute approximate surface area is 195 Å². The highest BCUT2D eigenvalue weighted by Crippen LogP contribution is 2.37. The van der Waals surface area contributed by atoms with Gasteiger partial charge in [-0.25, -0.2) is 17.4 Å². The van der Waals surface area contributed by atoms with Crippen LogP contribution in [0.4, 0.5) is 0 Å². The number of pyridine rings is 1. The van der Waals surface area contributed by atoms with Gasteiger partial charge in [-0.05, 0) is 70.8 Å². The molecule has 3 aromatic rings. The topological polar surface area (TPSA) is 70.4 Å². The normalized spacial score (nSPS) is 19.6. The molecule has 1 aliphatic rings. The largest absolute Gasteiger partial charge is 0.495 e. The second-order valence-corrected chi connectivity index (χ2v) is 10.6. The van der Waals surface area contributed by atoms with Gasteiger partial charge in [0, 0.05) is 33.6 Å². The predicted octanol–water partition coefficient (Wildman–Crippen LogP) is 4.92. The van der Waals surface area contributed by atoms with Crippen LogP contribution < -0.4 is 5.46 Å². The van der Waals surface area contributed by atoms with Crippen LogP contribution in [0.3, 0.4) is 0 Å². The third-order valence-electron chi connectivity index (χ3n) is 6.20. The molecule has 30 heavy (non-hydrogen) atoms. The lowest BCUT2D eigenvalue weighted by Gasteiger charge is -2.32. The Morgan fingerprint density at radius 3 is 2.27 bits per heavy atom. The molecule has 0 N–H and O–H groups in total. The minimum atomic E-state index is -3.80. The van der Waals surface area contributed by atoms with Crippen LogP contribution in [0, 0.1) is 6.92 Å². The van der Waals surface area contributed by atoms with Gasteiger partial charge in [0.05, 0.1) is 16.1 Å². The average molecular weight is 450 g/mol. The van der Waals surface area contributed by atoms with Crippen molar-refractivity contribution in [3.63, 3.8) is 0 Å². The van der Waals surface area contributed by atoms with E-state index in [1.807, 2.05) is 53.7 Å². The van der Waals surface area contributed by atoms with Crippen molar-refractivity contribution in [2.75, 3.05) is 0 Å². The van der Waals surface area contributed by atoms with Crippen LogP contribution in [0.5, 0.6) is 0 Å². The Morgan fingerprint density at radius 1 is 1.10 bits per heavy atom. The molecule has 2 aromatic heterocycles. The van der Waals surface area contributed by atoms with Crippen LogP contribution in [0.2, 0.25) is 0 Å². The highest BCUT2D eigenvalue weighted by atomic mass is 32.2. The molecule has 0 aliphatic carbocycles. The smallest absolute Gasteiger partial charge is 0.399 e. The van der Waals surface area contributed by atoms with Crippen LogP contribution >= 0.6 is 0 Å². The maximum absolute atomic E-state index is 13.5. The number of hydrogen-bond acceptors (Lipinski definition) is 5. The molecule has 0 unspecified atom stereocenters. The molecule has 170 valence electrons. The fraction of sp³-hybridized carbons (Fsp3) is 0.409. The first kappa shape index (κ1) is 15.6. The Morgan fingerprint density at radius 2 is 1.70 bits per heavy atom. The fourth-order valence-corrected chi connectivity index (χ4v) is 5.21. The van der Waals surface area contributed by atoms with Gasteiger partial charge < -0.3 is 9.31 Å². The van der Waals surface area contributed by atoms with E-state index in [2.05, 4.69) is 4.98 Å². The second-order valence-electron chi connectivity index (χ2n) is 8.80. The van der Waals surface area contributed by atoms with Crippen LogP contribution in [0.15, 0.2) is 47.5 Å². The number of rotatable bonds is 4. The van der Waals surface area contributed by atoms with Crippen LogP contribution in [-0.4, -0.2) is 35.7 Å². The Bertz CT molecular complexity index is 1230. The third kappa shape index (κ3) is 3.18. The van der Waals surface area contributed by atoms with Gasteiger partial charge in [0.15, 0.2) is 5.65 Å². The molecule has 1 saturated heterocycles. The fourth-order valence-electron chi connectivity index (χ4n) is 3.65. The van der Waals surface area contributed by atoms with E-state index in [0.29, 0.717) is 17.8 Å². The van der Waals surface area contributed by atoms with Gasteiger partial charge in [-0.2, -0.15) is 0 Å². The van der Waals surface area contributed by atoms with Crippen molar-refractivity contribution in [2.24, 2.45) is 0 Å². The lowest BCUT2D eigenvalue weighted by Crippen LogP contribution is -2.41. The number of benzene rings is 1. The monoisotopic (exact) mass is 449 g/mol. The van der Waals surface area contributed by atoms with Crippen molar-refractivity contribution >= 4 is 33.6 Å². The predicted molar refractivity (Wildman–Crippen MR) is 131 cm³/mol. The highest BCUT2D eigenvalue weighted by molar-refractivity contribution is 7.90. The van der Waals surface area contributed by atoms with Crippen molar-refractivity contribution in [1.82, 2.24) is 8.96 Å². The molecule has 6 nitrogen and oxygen atoms in total. The molecule has 1 aromatic carbocycles. The molecule has 1 aliphatic heterocycles. The molecule has 0 amide bonds. The Balaban J connectivity index is -0.00000119. The summed E-state index contributed by atoms with van der Waals surface area (Å²) in [6, 6.07) is 10.6. The molecule has 0 bridgehead atoms. The van der Waals surface area contributed by atoms with Crippen molar-refractivity contribution in [3.05, 3.63) is 53.9 Å². The van der Waals surface area contributed by atoms with Crippen LogP contribution in [-0.2, 0) is 25.8 Å². The average Bonchev–Trinajstić information content (AvgIpc) is 3.47. The molecule has 8 heteroatoms. The maximum atomic E-state index is 13.5. The van der Waals surface area contributed by atoms with Gasteiger partial charge >= 0.3 is 7.12 Å². The van der Waals surface area contributed by atoms with E-state index in [1.54, 1.807) is 30.5 Å². The molecule has 1 fully saturated rings. The first-order valence-corrected chi connectivity index (χ1v) is 11.6. The summed E-state index contributed by atoms with van der Waals surface area (Å²) in [5, 5.41) is 0.725. The summed E-state index contributed by atoms with van der Waals surface area (Å²) in [6.45, 7) is 11.8. The van der Waals surface area contributed by atoms with Crippen molar-refractivity contribution < 1.29 is 34.0 Å². The first-order valence-electron chi connectivity index (χ1n) is 15.1. The summed E-state index contributed by atoms with van der Waals surface area (Å²) in [4.78, 5) is 4.68. The Kier molecular flexibility index (Phi) is 3.61. The van der Waals surface area contributed by atoms with Gasteiger partial charge in [0.2, 0.25) is 0 Å². The molecular formula is C22H39BN2O4S. The van der Waals surface area contributed by atoms with E-state index < -0.39 is 28.3 Å². The number of nitrogens with zero attached hydrogens (tertiary/aromatic N) is 2. The summed E-state index contributed by atoms with van der Waals surface area (Å²) in [7, 11) is -4.39. The zero-order valence-corrected chi connectivity index (χ0v) is 19.1. The first-order chi connectivity index (χ1) is 19.0. The van der Waals surface area contributed by atoms with E-state index in [0.717, 1.165) is 16.4 Å². The van der Waals surface area contributed by atoms with Gasteiger partial charge in [-0.3, -0.25) is 0 Å². The number of aromatic nitrogens is 2. The zero-order valence-electron chi connectivity index (χ0n) is 28.3. The minimum absolute atomic E-state index is 0.